The highest BCUT2D eigenvalue weighted by molar-refractivity contribution is 7.92. The van der Waals surface area contributed by atoms with Crippen LogP contribution in [-0.4, -0.2) is 43.8 Å². The number of nitrogens with zero attached hydrogens (tertiary/aromatic N) is 2. The first-order valence-electron chi connectivity index (χ1n) is 12.8. The first-order chi connectivity index (χ1) is 19.3. The maximum absolute atomic E-state index is 14.0. The van der Waals surface area contributed by atoms with Crippen molar-refractivity contribution in [2.75, 3.05) is 10.8 Å². The fourth-order valence-corrected chi connectivity index (χ4v) is 6.11. The zero-order chi connectivity index (χ0) is 30.5. The molecule has 41 heavy (non-hydrogen) atoms. The zero-order valence-electron chi connectivity index (χ0n) is 23.0. The molecule has 0 aromatic heterocycles. The lowest BCUT2D eigenvalue weighted by molar-refractivity contribution is -0.139. The van der Waals surface area contributed by atoms with E-state index in [1.807, 2.05) is 20.8 Å². The molecular weight excluding hydrogens is 628 g/mol. The average molecular weight is 659 g/mol. The molecule has 0 aliphatic carbocycles. The molecule has 3 rings (SSSR count). The van der Waals surface area contributed by atoms with Crippen LogP contribution in [0.3, 0.4) is 0 Å². The number of hydrogen-bond donors (Lipinski definition) is 1. The molecule has 0 aliphatic rings. The fourth-order valence-electron chi connectivity index (χ4n) is 3.92. The molecule has 3 aromatic rings. The highest BCUT2D eigenvalue weighted by atomic mass is 35.5. The van der Waals surface area contributed by atoms with Crippen LogP contribution in [0.25, 0.3) is 0 Å². The summed E-state index contributed by atoms with van der Waals surface area (Å²) in [7, 11) is -4.29. The summed E-state index contributed by atoms with van der Waals surface area (Å²) < 4.78 is 28.8. The van der Waals surface area contributed by atoms with E-state index < -0.39 is 28.5 Å². The van der Waals surface area contributed by atoms with Gasteiger partial charge in [-0.25, -0.2) is 8.42 Å². The molecule has 2 amide bonds. The molecule has 0 bridgehead atoms. The van der Waals surface area contributed by atoms with Crippen molar-refractivity contribution in [1.29, 1.82) is 0 Å². The van der Waals surface area contributed by atoms with Crippen LogP contribution in [0.1, 0.15) is 38.3 Å². The average Bonchev–Trinajstić information content (AvgIpc) is 2.93. The molecule has 0 fully saturated rings. The largest absolute Gasteiger partial charge is 0.352 e. The summed E-state index contributed by atoms with van der Waals surface area (Å²) >= 11 is 25.0. The van der Waals surface area contributed by atoms with Crippen LogP contribution in [0.15, 0.2) is 65.6 Å². The third kappa shape index (κ3) is 8.08. The second kappa shape index (κ2) is 14.1. The number of benzene rings is 3. The van der Waals surface area contributed by atoms with Crippen molar-refractivity contribution in [2.45, 2.75) is 57.6 Å². The van der Waals surface area contributed by atoms with Crippen LogP contribution in [0.5, 0.6) is 0 Å². The molecule has 0 spiro atoms. The van der Waals surface area contributed by atoms with Gasteiger partial charge in [-0.1, -0.05) is 83.2 Å². The number of anilines is 1. The van der Waals surface area contributed by atoms with Gasteiger partial charge in [0.1, 0.15) is 12.6 Å². The minimum Gasteiger partial charge on any atom is -0.352 e. The van der Waals surface area contributed by atoms with Gasteiger partial charge in [-0.05, 0) is 69.2 Å². The Labute approximate surface area is 261 Å². The van der Waals surface area contributed by atoms with Crippen LogP contribution < -0.4 is 9.62 Å². The summed E-state index contributed by atoms with van der Waals surface area (Å²) in [6.07, 6.45) is 0.690. The normalized spacial score (nSPS) is 12.9. The van der Waals surface area contributed by atoms with Crippen LogP contribution >= 0.6 is 46.4 Å². The molecule has 0 saturated heterocycles. The third-order valence-electron chi connectivity index (χ3n) is 6.59. The smallest absolute Gasteiger partial charge is 0.264 e. The van der Waals surface area contributed by atoms with Crippen molar-refractivity contribution in [3.63, 3.8) is 0 Å². The quantitative estimate of drug-likeness (QED) is 0.237. The number of rotatable bonds is 11. The molecule has 0 radical (unpaired) electrons. The second-order valence-electron chi connectivity index (χ2n) is 9.66. The van der Waals surface area contributed by atoms with Gasteiger partial charge in [-0.3, -0.25) is 13.9 Å². The Bertz CT molecular complexity index is 1520. The molecule has 1 N–H and O–H groups in total. The molecule has 0 heterocycles. The van der Waals surface area contributed by atoms with Gasteiger partial charge >= 0.3 is 0 Å². The molecular formula is C29H31Cl4N3O4S. The first kappa shape index (κ1) is 33.0. The van der Waals surface area contributed by atoms with Crippen molar-refractivity contribution in [1.82, 2.24) is 10.2 Å². The first-order valence-corrected chi connectivity index (χ1v) is 15.8. The van der Waals surface area contributed by atoms with Crippen molar-refractivity contribution < 1.29 is 18.0 Å². The van der Waals surface area contributed by atoms with E-state index in [1.165, 1.54) is 29.2 Å². The number of carbonyl (C=O) groups is 2. The van der Waals surface area contributed by atoms with Gasteiger partial charge in [0.2, 0.25) is 11.8 Å². The standard InChI is InChI=1S/C29H31Cl4N3O4S/c1-5-19(3)34-29(38)20(4)35(16-21-11-14-23(30)25(32)15-21)27(37)17-36(26-8-6-7-24(31)28(26)33)41(39,40)22-12-9-18(2)10-13-22/h6-15,19-20H,5,16-17H2,1-4H3,(H,34,38)/t19-,20-/m0/s1. The van der Waals surface area contributed by atoms with Gasteiger partial charge in [-0.15, -0.1) is 0 Å². The minimum absolute atomic E-state index is 0.0271. The number of carbonyl (C=O) groups excluding carboxylic acids is 2. The molecule has 0 unspecified atom stereocenters. The van der Waals surface area contributed by atoms with Gasteiger partial charge in [0, 0.05) is 12.6 Å². The van der Waals surface area contributed by atoms with Crippen LogP contribution in [0, 0.1) is 6.92 Å². The molecule has 2 atom stereocenters. The van der Waals surface area contributed by atoms with Crippen LogP contribution in [-0.2, 0) is 26.2 Å². The lowest BCUT2D eigenvalue weighted by Gasteiger charge is -2.32. The van der Waals surface area contributed by atoms with Gasteiger partial charge < -0.3 is 10.2 Å². The van der Waals surface area contributed by atoms with E-state index in [1.54, 1.807) is 43.3 Å². The number of amides is 2. The third-order valence-corrected chi connectivity index (χ3v) is 9.91. The molecule has 220 valence electrons. The Morgan fingerprint density at radius 2 is 1.56 bits per heavy atom. The van der Waals surface area contributed by atoms with Crippen LogP contribution in [0.4, 0.5) is 5.69 Å². The van der Waals surface area contributed by atoms with Gasteiger partial charge in [0.05, 0.1) is 30.7 Å². The summed E-state index contributed by atoms with van der Waals surface area (Å²) in [6, 6.07) is 14.5. The molecule has 7 nitrogen and oxygen atoms in total. The predicted molar refractivity (Wildman–Crippen MR) is 167 cm³/mol. The molecule has 12 heteroatoms. The van der Waals surface area contributed by atoms with Crippen molar-refractivity contribution in [3.05, 3.63) is 91.9 Å². The van der Waals surface area contributed by atoms with Crippen molar-refractivity contribution in [3.8, 4) is 0 Å². The van der Waals surface area contributed by atoms with E-state index in [0.717, 1.165) is 9.87 Å². The van der Waals surface area contributed by atoms with Crippen molar-refractivity contribution >= 4 is 73.9 Å². The van der Waals surface area contributed by atoms with E-state index in [4.69, 9.17) is 46.4 Å². The van der Waals surface area contributed by atoms with E-state index in [0.29, 0.717) is 17.0 Å². The SMILES string of the molecule is CC[C@H](C)NC(=O)[C@H](C)N(Cc1ccc(Cl)c(Cl)c1)C(=O)CN(c1cccc(Cl)c1Cl)S(=O)(=O)c1ccc(C)cc1. The number of hydrogen-bond acceptors (Lipinski definition) is 4. The predicted octanol–water partition coefficient (Wildman–Crippen LogP) is 7.14. The highest BCUT2D eigenvalue weighted by Crippen LogP contribution is 2.35. The molecule has 3 aromatic carbocycles. The van der Waals surface area contributed by atoms with Gasteiger partial charge in [-0.2, -0.15) is 0 Å². The maximum atomic E-state index is 14.0. The van der Waals surface area contributed by atoms with Crippen LogP contribution in [0.2, 0.25) is 20.1 Å². The number of nitrogens with one attached hydrogen (secondary N) is 1. The van der Waals surface area contributed by atoms with E-state index in [-0.39, 0.29) is 44.1 Å². The Morgan fingerprint density at radius 3 is 2.17 bits per heavy atom. The molecule has 0 aliphatic heterocycles. The Kier molecular flexibility index (Phi) is 11.4. The lowest BCUT2D eigenvalue weighted by Crippen LogP contribution is -2.52. The summed E-state index contributed by atoms with van der Waals surface area (Å²) in [5, 5.41) is 3.59. The van der Waals surface area contributed by atoms with E-state index in [2.05, 4.69) is 5.32 Å². The van der Waals surface area contributed by atoms with Crippen molar-refractivity contribution in [2.24, 2.45) is 0 Å². The monoisotopic (exact) mass is 657 g/mol. The highest BCUT2D eigenvalue weighted by Gasteiger charge is 2.34. The molecule has 0 saturated carbocycles. The fraction of sp³-hybridized carbons (Fsp3) is 0.310. The summed E-state index contributed by atoms with van der Waals surface area (Å²) in [5.74, 6) is -1.03. The zero-order valence-corrected chi connectivity index (χ0v) is 26.8. The number of aryl methyl sites for hydroxylation is 1. The maximum Gasteiger partial charge on any atom is 0.264 e. The van der Waals surface area contributed by atoms with Gasteiger partial charge in [0.15, 0.2) is 0 Å². The number of sulfonamides is 1. The lowest BCUT2D eigenvalue weighted by atomic mass is 10.1. The summed E-state index contributed by atoms with van der Waals surface area (Å²) in [4.78, 5) is 28.4. The number of halogens is 4. The Morgan fingerprint density at radius 1 is 0.902 bits per heavy atom. The Hall–Kier alpha value is -2.49. The second-order valence-corrected chi connectivity index (χ2v) is 13.1. The minimum atomic E-state index is -4.29. The summed E-state index contributed by atoms with van der Waals surface area (Å²) in [5.41, 5.74) is 1.49. The topological polar surface area (TPSA) is 86.8 Å². The Balaban J connectivity index is 2.08. The van der Waals surface area contributed by atoms with Gasteiger partial charge in [0.25, 0.3) is 10.0 Å². The van der Waals surface area contributed by atoms with E-state index in [9.17, 15) is 18.0 Å². The summed E-state index contributed by atoms with van der Waals surface area (Å²) in [6.45, 7) is 6.51. The van der Waals surface area contributed by atoms with E-state index >= 15 is 0 Å².